The summed E-state index contributed by atoms with van der Waals surface area (Å²) in [6.07, 6.45) is 0. The van der Waals surface area contributed by atoms with E-state index in [2.05, 4.69) is 25.6 Å². The molecule has 0 spiro atoms. The van der Waals surface area contributed by atoms with Gasteiger partial charge in [0.15, 0.2) is 0 Å². The lowest BCUT2D eigenvalue weighted by molar-refractivity contribution is 0.377. The molecule has 0 atom stereocenters. The largest absolute Gasteiger partial charge is 0.467 e. The zero-order valence-electron chi connectivity index (χ0n) is 7.96. The molecule has 72 valence electrons. The number of hydrogen-bond acceptors (Lipinski definition) is 6. The van der Waals surface area contributed by atoms with Gasteiger partial charge >= 0.3 is 6.01 Å². The Balaban J connectivity index is 2.76. The van der Waals surface area contributed by atoms with Crippen molar-refractivity contribution in [3.05, 3.63) is 5.82 Å². The van der Waals surface area contributed by atoms with E-state index in [1.165, 1.54) is 7.11 Å². The summed E-state index contributed by atoms with van der Waals surface area (Å²) < 4.78 is 4.89. The quantitative estimate of drug-likeness (QED) is 0.629. The van der Waals surface area contributed by atoms with Crippen molar-refractivity contribution < 1.29 is 4.74 Å². The van der Waals surface area contributed by atoms with Crippen LogP contribution in [0.4, 0.5) is 5.95 Å². The van der Waals surface area contributed by atoms with Gasteiger partial charge in [-0.1, -0.05) is 0 Å². The van der Waals surface area contributed by atoms with E-state index in [1.807, 2.05) is 7.05 Å². The van der Waals surface area contributed by atoms with Crippen LogP contribution in [0.2, 0.25) is 0 Å². The standard InChI is InChI=1S/C7H13N5O/c1-5-10-6(9-4-8-2)12-7(11-5)13-3/h8H,4H2,1-3H3,(H,9,10,11,12). The number of aromatic nitrogens is 3. The Kier molecular flexibility index (Phi) is 3.39. The van der Waals surface area contributed by atoms with Gasteiger partial charge in [0.25, 0.3) is 0 Å². The summed E-state index contributed by atoms with van der Waals surface area (Å²) in [6, 6.07) is 0.325. The molecule has 6 nitrogen and oxygen atoms in total. The van der Waals surface area contributed by atoms with Gasteiger partial charge in [-0.3, -0.25) is 0 Å². The number of nitrogens with one attached hydrogen (secondary N) is 2. The third-order valence-corrected chi connectivity index (χ3v) is 1.33. The Morgan fingerprint density at radius 1 is 1.31 bits per heavy atom. The number of methoxy groups -OCH3 is 1. The van der Waals surface area contributed by atoms with Gasteiger partial charge in [-0.2, -0.15) is 15.0 Å². The van der Waals surface area contributed by atoms with E-state index in [-0.39, 0.29) is 0 Å². The second kappa shape index (κ2) is 4.56. The molecular weight excluding hydrogens is 170 g/mol. The first-order valence-electron chi connectivity index (χ1n) is 3.91. The van der Waals surface area contributed by atoms with Crippen LogP contribution in [0, 0.1) is 6.92 Å². The van der Waals surface area contributed by atoms with Crippen molar-refractivity contribution in [2.75, 3.05) is 26.1 Å². The van der Waals surface area contributed by atoms with E-state index in [9.17, 15) is 0 Å². The molecule has 2 N–H and O–H groups in total. The Morgan fingerprint density at radius 3 is 2.69 bits per heavy atom. The zero-order valence-corrected chi connectivity index (χ0v) is 7.96. The minimum Gasteiger partial charge on any atom is -0.467 e. The van der Waals surface area contributed by atoms with Crippen molar-refractivity contribution in [3.63, 3.8) is 0 Å². The van der Waals surface area contributed by atoms with Crippen molar-refractivity contribution in [2.24, 2.45) is 0 Å². The van der Waals surface area contributed by atoms with Crippen molar-refractivity contribution in [2.45, 2.75) is 6.92 Å². The van der Waals surface area contributed by atoms with Crippen LogP contribution in [0.5, 0.6) is 6.01 Å². The summed E-state index contributed by atoms with van der Waals surface area (Å²) in [5.41, 5.74) is 0. The molecule has 13 heavy (non-hydrogen) atoms. The van der Waals surface area contributed by atoms with E-state index in [0.29, 0.717) is 24.5 Å². The van der Waals surface area contributed by atoms with Gasteiger partial charge in [-0.15, -0.1) is 0 Å². The summed E-state index contributed by atoms with van der Waals surface area (Å²) in [7, 11) is 3.36. The predicted octanol–water partition coefficient (Wildman–Crippen LogP) is -0.223. The fourth-order valence-electron chi connectivity index (χ4n) is 0.795. The molecule has 0 aromatic carbocycles. The van der Waals surface area contributed by atoms with Gasteiger partial charge in [0.05, 0.1) is 13.8 Å². The van der Waals surface area contributed by atoms with Gasteiger partial charge in [0.2, 0.25) is 5.95 Å². The van der Waals surface area contributed by atoms with E-state index >= 15 is 0 Å². The Bertz CT molecular complexity index is 278. The van der Waals surface area contributed by atoms with Crippen LogP contribution in [0.15, 0.2) is 0 Å². The maximum Gasteiger partial charge on any atom is 0.321 e. The van der Waals surface area contributed by atoms with Crippen LogP contribution in [-0.2, 0) is 0 Å². The highest BCUT2D eigenvalue weighted by molar-refractivity contribution is 5.25. The number of rotatable bonds is 4. The molecular formula is C7H13N5O. The molecule has 0 aliphatic heterocycles. The highest BCUT2D eigenvalue weighted by atomic mass is 16.5. The molecule has 0 unspecified atom stereocenters. The Hall–Kier alpha value is -1.43. The maximum atomic E-state index is 4.89. The lowest BCUT2D eigenvalue weighted by Gasteiger charge is -2.05. The average molecular weight is 183 g/mol. The average Bonchev–Trinajstić information content (AvgIpc) is 2.14. The number of hydrogen-bond donors (Lipinski definition) is 2. The van der Waals surface area contributed by atoms with E-state index in [0.717, 1.165) is 0 Å². The fraction of sp³-hybridized carbons (Fsp3) is 0.571. The highest BCUT2D eigenvalue weighted by Gasteiger charge is 2.01. The van der Waals surface area contributed by atoms with Gasteiger partial charge < -0.3 is 15.4 Å². The molecule has 0 radical (unpaired) electrons. The van der Waals surface area contributed by atoms with Gasteiger partial charge in [-0.25, -0.2) is 0 Å². The van der Waals surface area contributed by atoms with Crippen LogP contribution >= 0.6 is 0 Å². The molecule has 0 bridgehead atoms. The molecule has 0 amide bonds. The second-order valence-corrected chi connectivity index (χ2v) is 2.40. The van der Waals surface area contributed by atoms with Gasteiger partial charge in [0.1, 0.15) is 5.82 Å². The van der Waals surface area contributed by atoms with Crippen LogP contribution in [0.3, 0.4) is 0 Å². The second-order valence-electron chi connectivity index (χ2n) is 2.40. The van der Waals surface area contributed by atoms with Crippen LogP contribution in [0.25, 0.3) is 0 Å². The van der Waals surface area contributed by atoms with Gasteiger partial charge in [0, 0.05) is 0 Å². The predicted molar refractivity (Wildman–Crippen MR) is 48.7 cm³/mol. The first-order valence-corrected chi connectivity index (χ1v) is 3.91. The molecule has 0 saturated heterocycles. The van der Waals surface area contributed by atoms with Crippen molar-refractivity contribution in [1.29, 1.82) is 0 Å². The first kappa shape index (κ1) is 9.66. The van der Waals surface area contributed by atoms with E-state index in [4.69, 9.17) is 4.74 Å². The van der Waals surface area contributed by atoms with Crippen LogP contribution < -0.4 is 15.4 Å². The van der Waals surface area contributed by atoms with Gasteiger partial charge in [-0.05, 0) is 14.0 Å². The number of nitrogens with zero attached hydrogens (tertiary/aromatic N) is 3. The molecule has 1 aromatic rings. The first-order chi connectivity index (χ1) is 6.26. The summed E-state index contributed by atoms with van der Waals surface area (Å²) in [6.45, 7) is 2.39. The third-order valence-electron chi connectivity index (χ3n) is 1.33. The summed E-state index contributed by atoms with van der Waals surface area (Å²) >= 11 is 0. The topological polar surface area (TPSA) is 72.0 Å². The molecule has 1 heterocycles. The number of aryl methyl sites for hydroxylation is 1. The monoisotopic (exact) mass is 183 g/mol. The number of anilines is 1. The molecule has 1 rings (SSSR count). The molecule has 0 saturated carbocycles. The van der Waals surface area contributed by atoms with E-state index in [1.54, 1.807) is 6.92 Å². The van der Waals surface area contributed by atoms with Crippen molar-refractivity contribution >= 4 is 5.95 Å². The molecule has 6 heteroatoms. The fourth-order valence-corrected chi connectivity index (χ4v) is 0.795. The Labute approximate surface area is 76.8 Å². The minimum absolute atomic E-state index is 0.325. The lowest BCUT2D eigenvalue weighted by atomic mass is 10.7. The SMILES string of the molecule is CNCNc1nc(C)nc(OC)n1. The molecule has 1 aromatic heterocycles. The van der Waals surface area contributed by atoms with E-state index < -0.39 is 0 Å². The normalized spacial score (nSPS) is 9.77. The van der Waals surface area contributed by atoms with Crippen LogP contribution in [-0.4, -0.2) is 35.8 Å². The van der Waals surface area contributed by atoms with Crippen molar-refractivity contribution in [1.82, 2.24) is 20.3 Å². The minimum atomic E-state index is 0.325. The summed E-state index contributed by atoms with van der Waals surface area (Å²) in [4.78, 5) is 12.0. The summed E-state index contributed by atoms with van der Waals surface area (Å²) in [5.74, 6) is 1.14. The summed E-state index contributed by atoms with van der Waals surface area (Å²) in [5, 5.41) is 5.88. The molecule has 0 aliphatic rings. The maximum absolute atomic E-state index is 4.89. The number of ether oxygens (including phenoxy) is 1. The zero-order chi connectivity index (χ0) is 9.68. The Morgan fingerprint density at radius 2 is 2.08 bits per heavy atom. The van der Waals surface area contributed by atoms with Crippen molar-refractivity contribution in [3.8, 4) is 6.01 Å². The highest BCUT2D eigenvalue weighted by Crippen LogP contribution is 2.05. The third kappa shape index (κ3) is 2.83. The van der Waals surface area contributed by atoms with Crippen LogP contribution in [0.1, 0.15) is 5.82 Å². The lowest BCUT2D eigenvalue weighted by Crippen LogP contribution is -2.18. The molecule has 0 fully saturated rings. The smallest absolute Gasteiger partial charge is 0.321 e. The molecule has 0 aliphatic carbocycles.